The van der Waals surface area contributed by atoms with Crippen molar-refractivity contribution in [3.63, 3.8) is 0 Å². The average molecular weight is 230 g/mol. The second-order valence-corrected chi connectivity index (χ2v) is 5.86. The summed E-state index contributed by atoms with van der Waals surface area (Å²) in [6, 6.07) is -0.157. The van der Waals surface area contributed by atoms with Gasteiger partial charge in [-0.1, -0.05) is 6.92 Å². The number of hydrogen-bond acceptors (Lipinski definition) is 4. The largest absolute Gasteiger partial charge is 0.392 e. The normalized spacial score (nSPS) is 36.9. The summed E-state index contributed by atoms with van der Waals surface area (Å²) in [5.41, 5.74) is 0. The molecule has 2 rings (SSSR count). The van der Waals surface area contributed by atoms with Crippen LogP contribution in [0.2, 0.25) is 0 Å². The molecule has 5 heteroatoms. The highest BCUT2D eigenvalue weighted by atomic mass is 32.2. The molecule has 2 heterocycles. The van der Waals surface area contributed by atoms with E-state index >= 15 is 0 Å². The minimum absolute atomic E-state index is 0.157. The van der Waals surface area contributed by atoms with E-state index in [1.54, 1.807) is 0 Å². The van der Waals surface area contributed by atoms with Crippen molar-refractivity contribution in [3.8, 4) is 0 Å². The van der Waals surface area contributed by atoms with Crippen molar-refractivity contribution in [1.82, 2.24) is 10.2 Å². The van der Waals surface area contributed by atoms with Gasteiger partial charge in [0.25, 0.3) is 0 Å². The van der Waals surface area contributed by atoms with Crippen LogP contribution >= 0.6 is 11.8 Å². The van der Waals surface area contributed by atoms with E-state index in [4.69, 9.17) is 0 Å². The number of carbonyl (C=O) groups excluding carboxylic acids is 1. The van der Waals surface area contributed by atoms with Gasteiger partial charge in [0.1, 0.15) is 0 Å². The molecule has 2 fully saturated rings. The predicted octanol–water partition coefficient (Wildman–Crippen LogP) is -0.327. The Hall–Kier alpha value is -0.260. The molecule has 0 aromatic carbocycles. The van der Waals surface area contributed by atoms with Crippen molar-refractivity contribution < 1.29 is 9.90 Å². The molecule has 0 radical (unpaired) electrons. The van der Waals surface area contributed by atoms with Gasteiger partial charge in [-0.15, -0.1) is 0 Å². The van der Waals surface area contributed by atoms with Crippen LogP contribution in [0.25, 0.3) is 0 Å². The van der Waals surface area contributed by atoms with Gasteiger partial charge in [-0.05, 0) is 6.42 Å². The molecule has 0 bridgehead atoms. The van der Waals surface area contributed by atoms with E-state index in [0.29, 0.717) is 18.2 Å². The lowest BCUT2D eigenvalue weighted by Crippen LogP contribution is -2.48. The van der Waals surface area contributed by atoms with Gasteiger partial charge < -0.3 is 15.3 Å². The molecule has 0 saturated carbocycles. The minimum atomic E-state index is -0.351. The second kappa shape index (κ2) is 4.72. The Morgan fingerprint density at radius 1 is 1.60 bits per heavy atom. The third-order valence-electron chi connectivity index (χ3n) is 2.96. The van der Waals surface area contributed by atoms with Crippen LogP contribution in [0.4, 0.5) is 0 Å². The molecule has 15 heavy (non-hydrogen) atoms. The maximum atomic E-state index is 12.0. The van der Waals surface area contributed by atoms with E-state index in [0.717, 1.165) is 18.8 Å². The maximum Gasteiger partial charge on any atom is 0.239 e. The number of aliphatic hydroxyl groups excluding tert-OH is 1. The van der Waals surface area contributed by atoms with Crippen LogP contribution in [0.5, 0.6) is 0 Å². The van der Waals surface area contributed by atoms with E-state index in [-0.39, 0.29) is 18.1 Å². The summed E-state index contributed by atoms with van der Waals surface area (Å²) in [5, 5.41) is 13.0. The molecule has 0 aliphatic carbocycles. The monoisotopic (exact) mass is 230 g/mol. The van der Waals surface area contributed by atoms with Crippen LogP contribution in [0.1, 0.15) is 13.3 Å². The first kappa shape index (κ1) is 11.2. The Labute approximate surface area is 94.4 Å². The summed E-state index contributed by atoms with van der Waals surface area (Å²) < 4.78 is 0. The minimum Gasteiger partial charge on any atom is -0.392 e. The van der Waals surface area contributed by atoms with Gasteiger partial charge in [-0.25, -0.2) is 0 Å². The zero-order valence-electron chi connectivity index (χ0n) is 8.98. The molecule has 0 aromatic rings. The molecular weight excluding hydrogens is 212 g/mol. The van der Waals surface area contributed by atoms with Crippen LogP contribution < -0.4 is 5.32 Å². The SMILES string of the molecule is CC1CN(C(=O)[C@H]2C[C@@H](O)CN2)CCS1. The van der Waals surface area contributed by atoms with Crippen molar-refractivity contribution in [3.05, 3.63) is 0 Å². The molecule has 86 valence electrons. The van der Waals surface area contributed by atoms with Gasteiger partial charge in [-0.2, -0.15) is 11.8 Å². The zero-order valence-corrected chi connectivity index (χ0v) is 9.80. The highest BCUT2D eigenvalue weighted by Crippen LogP contribution is 2.19. The smallest absolute Gasteiger partial charge is 0.239 e. The third kappa shape index (κ3) is 2.65. The molecule has 1 amide bonds. The second-order valence-electron chi connectivity index (χ2n) is 4.32. The molecule has 4 nitrogen and oxygen atoms in total. The Morgan fingerprint density at radius 2 is 2.40 bits per heavy atom. The number of rotatable bonds is 1. The molecule has 2 aliphatic rings. The number of nitrogens with zero attached hydrogens (tertiary/aromatic N) is 1. The van der Waals surface area contributed by atoms with Gasteiger partial charge in [-0.3, -0.25) is 4.79 Å². The molecule has 2 N–H and O–H groups in total. The van der Waals surface area contributed by atoms with Crippen molar-refractivity contribution >= 4 is 17.7 Å². The lowest BCUT2D eigenvalue weighted by Gasteiger charge is -2.32. The Bertz CT molecular complexity index is 250. The van der Waals surface area contributed by atoms with Crippen molar-refractivity contribution in [2.45, 2.75) is 30.7 Å². The number of aliphatic hydroxyl groups is 1. The fraction of sp³-hybridized carbons (Fsp3) is 0.900. The van der Waals surface area contributed by atoms with Crippen LogP contribution in [0.15, 0.2) is 0 Å². The van der Waals surface area contributed by atoms with E-state index in [2.05, 4.69) is 12.2 Å². The summed E-state index contributed by atoms with van der Waals surface area (Å²) >= 11 is 1.92. The van der Waals surface area contributed by atoms with Gasteiger partial charge in [0.05, 0.1) is 12.1 Å². The summed E-state index contributed by atoms with van der Waals surface area (Å²) in [6.07, 6.45) is 0.215. The first-order valence-corrected chi connectivity index (χ1v) is 6.53. The van der Waals surface area contributed by atoms with Gasteiger partial charge in [0, 0.05) is 30.6 Å². The van der Waals surface area contributed by atoms with Gasteiger partial charge in [0.15, 0.2) is 0 Å². The van der Waals surface area contributed by atoms with Crippen molar-refractivity contribution in [2.24, 2.45) is 0 Å². The summed E-state index contributed by atoms with van der Waals surface area (Å²) in [7, 11) is 0. The number of nitrogens with one attached hydrogen (secondary N) is 1. The summed E-state index contributed by atoms with van der Waals surface area (Å²) in [5.74, 6) is 1.20. The van der Waals surface area contributed by atoms with E-state index in [9.17, 15) is 9.90 Å². The molecule has 1 unspecified atom stereocenters. The predicted molar refractivity (Wildman–Crippen MR) is 60.9 cm³/mol. The standard InChI is InChI=1S/C10H18N2O2S/c1-7-6-12(2-3-15-7)10(14)9-4-8(13)5-11-9/h7-9,11,13H,2-6H2,1H3/t7?,8-,9-/m1/s1. The fourth-order valence-electron chi connectivity index (χ4n) is 2.14. The van der Waals surface area contributed by atoms with E-state index in [1.165, 1.54) is 0 Å². The average Bonchev–Trinajstić information content (AvgIpc) is 2.64. The quantitative estimate of drug-likeness (QED) is 0.648. The molecule has 3 atom stereocenters. The molecule has 2 saturated heterocycles. The fourth-order valence-corrected chi connectivity index (χ4v) is 3.16. The number of carbonyl (C=O) groups is 1. The maximum absolute atomic E-state index is 12.0. The van der Waals surface area contributed by atoms with Crippen LogP contribution in [-0.2, 0) is 4.79 Å². The number of amides is 1. The van der Waals surface area contributed by atoms with E-state index in [1.807, 2.05) is 16.7 Å². The third-order valence-corrected chi connectivity index (χ3v) is 4.09. The Balaban J connectivity index is 1.89. The molecule has 0 aromatic heterocycles. The summed E-state index contributed by atoms with van der Waals surface area (Å²) in [4.78, 5) is 14.0. The number of β-amino-alcohol motifs (C(OH)–C–C–N with tert-alkyl or cyclic N) is 1. The first-order chi connectivity index (χ1) is 7.16. The van der Waals surface area contributed by atoms with Gasteiger partial charge >= 0.3 is 0 Å². The Morgan fingerprint density at radius 3 is 3.00 bits per heavy atom. The lowest BCUT2D eigenvalue weighted by atomic mass is 10.1. The topological polar surface area (TPSA) is 52.6 Å². The number of hydrogen-bond donors (Lipinski definition) is 2. The van der Waals surface area contributed by atoms with Gasteiger partial charge in [0.2, 0.25) is 5.91 Å². The van der Waals surface area contributed by atoms with Crippen LogP contribution in [0, 0.1) is 0 Å². The highest BCUT2D eigenvalue weighted by Gasteiger charge is 2.32. The van der Waals surface area contributed by atoms with Crippen LogP contribution in [0.3, 0.4) is 0 Å². The molecular formula is C10H18N2O2S. The molecule has 0 spiro atoms. The summed E-state index contributed by atoms with van der Waals surface area (Å²) in [6.45, 7) is 4.40. The zero-order chi connectivity index (χ0) is 10.8. The Kier molecular flexibility index (Phi) is 3.53. The number of thioether (sulfide) groups is 1. The van der Waals surface area contributed by atoms with Crippen LogP contribution in [-0.4, -0.2) is 58.7 Å². The lowest BCUT2D eigenvalue weighted by molar-refractivity contribution is -0.133. The van der Waals surface area contributed by atoms with Crippen molar-refractivity contribution in [1.29, 1.82) is 0 Å². The molecule has 2 aliphatic heterocycles. The first-order valence-electron chi connectivity index (χ1n) is 5.48. The van der Waals surface area contributed by atoms with Crippen molar-refractivity contribution in [2.75, 3.05) is 25.4 Å². The van der Waals surface area contributed by atoms with E-state index < -0.39 is 0 Å². The highest BCUT2D eigenvalue weighted by molar-refractivity contribution is 7.99.